The minimum Gasteiger partial charge on any atom is -0.330 e. The number of nitrogens with zero attached hydrogens (tertiary/aromatic N) is 2. The van der Waals surface area contributed by atoms with Gasteiger partial charge in [0.25, 0.3) is 0 Å². The number of aryl methyl sites for hydroxylation is 1. The molecule has 1 fully saturated rings. The third-order valence-electron chi connectivity index (χ3n) is 2.92. The minimum absolute atomic E-state index is 0.0366. The van der Waals surface area contributed by atoms with Gasteiger partial charge in [-0.15, -0.1) is 0 Å². The molecule has 1 unspecified atom stereocenters. The Morgan fingerprint density at radius 2 is 2.29 bits per heavy atom. The highest BCUT2D eigenvalue weighted by Crippen LogP contribution is 2.34. The van der Waals surface area contributed by atoms with Gasteiger partial charge in [0.15, 0.2) is 5.15 Å². The first-order valence-electron chi connectivity index (χ1n) is 5.36. The Morgan fingerprint density at radius 1 is 1.59 bits per heavy atom. The van der Waals surface area contributed by atoms with Crippen LogP contribution in [0.4, 0.5) is 5.69 Å². The van der Waals surface area contributed by atoms with Crippen LogP contribution in [-0.4, -0.2) is 24.0 Å². The van der Waals surface area contributed by atoms with E-state index in [1.54, 1.807) is 11.0 Å². The Hall–Kier alpha value is -0.840. The van der Waals surface area contributed by atoms with Crippen molar-refractivity contribution in [1.29, 1.82) is 0 Å². The molecule has 1 aromatic heterocycles. The lowest BCUT2D eigenvalue weighted by Crippen LogP contribution is -2.27. The van der Waals surface area contributed by atoms with Gasteiger partial charge < -0.3 is 10.6 Å². The maximum Gasteiger partial charge on any atom is 0.227 e. The van der Waals surface area contributed by atoms with Crippen LogP contribution in [0.25, 0.3) is 0 Å². The van der Waals surface area contributed by atoms with Crippen LogP contribution in [0.3, 0.4) is 0 Å². The first-order chi connectivity index (χ1) is 8.02. The number of rotatable bonds is 2. The molecule has 17 heavy (non-hydrogen) atoms. The van der Waals surface area contributed by atoms with Crippen molar-refractivity contribution >= 4 is 34.8 Å². The Morgan fingerprint density at radius 3 is 2.82 bits per heavy atom. The first kappa shape index (κ1) is 12.6. The third-order valence-corrected chi connectivity index (χ3v) is 3.38. The lowest BCUT2D eigenvalue weighted by atomic mass is 10.1. The molecule has 4 nitrogen and oxygen atoms in total. The number of halogens is 2. The molecular weight excluding hydrogens is 261 g/mol. The van der Waals surface area contributed by atoms with E-state index < -0.39 is 0 Å². The Bertz CT molecular complexity index is 441. The molecule has 6 heteroatoms. The zero-order valence-electron chi connectivity index (χ0n) is 9.41. The van der Waals surface area contributed by atoms with Crippen LogP contribution in [0.2, 0.25) is 10.3 Å². The Balaban J connectivity index is 2.38. The van der Waals surface area contributed by atoms with E-state index in [0.717, 1.165) is 5.56 Å². The van der Waals surface area contributed by atoms with Gasteiger partial charge in [0.1, 0.15) is 5.15 Å². The Labute approximate surface area is 110 Å². The zero-order valence-corrected chi connectivity index (χ0v) is 10.9. The summed E-state index contributed by atoms with van der Waals surface area (Å²) in [5, 5.41) is 0.597. The van der Waals surface area contributed by atoms with E-state index in [1.807, 2.05) is 6.92 Å². The van der Waals surface area contributed by atoms with Gasteiger partial charge in [-0.05, 0) is 31.0 Å². The monoisotopic (exact) mass is 273 g/mol. The molecule has 1 aliphatic rings. The number of carbonyl (C=O) groups is 1. The largest absolute Gasteiger partial charge is 0.330 e. The van der Waals surface area contributed by atoms with Gasteiger partial charge >= 0.3 is 0 Å². The summed E-state index contributed by atoms with van der Waals surface area (Å²) in [7, 11) is 0. The van der Waals surface area contributed by atoms with Crippen molar-refractivity contribution in [3.63, 3.8) is 0 Å². The summed E-state index contributed by atoms with van der Waals surface area (Å²) in [5.41, 5.74) is 7.09. The standard InChI is InChI=1S/C11H13Cl2N3O/c1-6-2-8(12)15-11(13)10(6)16-5-7(4-14)3-9(16)17/h2,7H,3-5,14H2,1H3. The van der Waals surface area contributed by atoms with E-state index >= 15 is 0 Å². The van der Waals surface area contributed by atoms with Crippen LogP contribution in [0.1, 0.15) is 12.0 Å². The normalized spacial score (nSPS) is 20.1. The van der Waals surface area contributed by atoms with Crippen molar-refractivity contribution in [3.05, 3.63) is 21.9 Å². The van der Waals surface area contributed by atoms with E-state index in [9.17, 15) is 4.79 Å². The molecule has 1 saturated heterocycles. The predicted octanol–water partition coefficient (Wildman–Crippen LogP) is 2.01. The molecule has 1 atom stereocenters. The summed E-state index contributed by atoms with van der Waals surface area (Å²) >= 11 is 11.9. The predicted molar refractivity (Wildman–Crippen MR) is 68.5 cm³/mol. The molecular formula is C11H13Cl2N3O. The van der Waals surface area contributed by atoms with Crippen LogP contribution in [-0.2, 0) is 4.79 Å². The molecule has 0 bridgehead atoms. The summed E-state index contributed by atoms with van der Waals surface area (Å²) < 4.78 is 0. The number of hydrogen-bond donors (Lipinski definition) is 1. The van der Waals surface area contributed by atoms with E-state index in [0.29, 0.717) is 30.4 Å². The average molecular weight is 274 g/mol. The molecule has 0 saturated carbocycles. The number of pyridine rings is 1. The van der Waals surface area contributed by atoms with Crippen molar-refractivity contribution in [2.45, 2.75) is 13.3 Å². The highest BCUT2D eigenvalue weighted by Gasteiger charge is 2.32. The van der Waals surface area contributed by atoms with Gasteiger partial charge in [0, 0.05) is 13.0 Å². The third kappa shape index (κ3) is 2.39. The number of nitrogens with two attached hydrogens (primary N) is 1. The number of hydrogen-bond acceptors (Lipinski definition) is 3. The molecule has 2 rings (SSSR count). The van der Waals surface area contributed by atoms with E-state index in [-0.39, 0.29) is 17.0 Å². The smallest absolute Gasteiger partial charge is 0.227 e. The van der Waals surface area contributed by atoms with Crippen molar-refractivity contribution in [3.8, 4) is 0 Å². The molecule has 1 aromatic rings. The highest BCUT2D eigenvalue weighted by molar-refractivity contribution is 6.35. The highest BCUT2D eigenvalue weighted by atomic mass is 35.5. The molecule has 92 valence electrons. The lowest BCUT2D eigenvalue weighted by molar-refractivity contribution is -0.117. The van der Waals surface area contributed by atoms with Gasteiger partial charge in [-0.3, -0.25) is 4.79 Å². The molecule has 1 aliphatic heterocycles. The van der Waals surface area contributed by atoms with Crippen molar-refractivity contribution in [2.24, 2.45) is 11.7 Å². The summed E-state index contributed by atoms with van der Waals surface area (Å²) in [5.74, 6) is 0.225. The van der Waals surface area contributed by atoms with Gasteiger partial charge in [-0.2, -0.15) is 0 Å². The van der Waals surface area contributed by atoms with E-state index in [2.05, 4.69) is 4.98 Å². The molecule has 1 amide bonds. The van der Waals surface area contributed by atoms with Crippen LogP contribution in [0.5, 0.6) is 0 Å². The van der Waals surface area contributed by atoms with Gasteiger partial charge in [-0.1, -0.05) is 23.2 Å². The second-order valence-electron chi connectivity index (χ2n) is 4.21. The van der Waals surface area contributed by atoms with Gasteiger partial charge in [0.05, 0.1) is 5.69 Å². The Kier molecular flexibility index (Phi) is 3.56. The fourth-order valence-electron chi connectivity index (χ4n) is 2.07. The lowest BCUT2D eigenvalue weighted by Gasteiger charge is -2.20. The first-order valence-corrected chi connectivity index (χ1v) is 6.11. The second kappa shape index (κ2) is 4.80. The topological polar surface area (TPSA) is 59.2 Å². The quantitative estimate of drug-likeness (QED) is 0.839. The van der Waals surface area contributed by atoms with Crippen LogP contribution in [0.15, 0.2) is 6.07 Å². The number of carbonyl (C=O) groups excluding carboxylic acids is 1. The molecule has 0 spiro atoms. The van der Waals surface area contributed by atoms with Gasteiger partial charge in [0.2, 0.25) is 5.91 Å². The minimum atomic E-state index is 0.0366. The molecule has 0 aromatic carbocycles. The van der Waals surface area contributed by atoms with E-state index in [1.165, 1.54) is 0 Å². The van der Waals surface area contributed by atoms with Crippen molar-refractivity contribution in [1.82, 2.24) is 4.98 Å². The number of amides is 1. The second-order valence-corrected chi connectivity index (χ2v) is 4.96. The fourth-order valence-corrected chi connectivity index (χ4v) is 2.70. The maximum absolute atomic E-state index is 11.9. The molecule has 0 aliphatic carbocycles. The van der Waals surface area contributed by atoms with Crippen LogP contribution >= 0.6 is 23.2 Å². The van der Waals surface area contributed by atoms with E-state index in [4.69, 9.17) is 28.9 Å². The van der Waals surface area contributed by atoms with Crippen LogP contribution in [0, 0.1) is 12.8 Å². The summed E-state index contributed by atoms with van der Waals surface area (Å²) in [6, 6.07) is 1.70. The average Bonchev–Trinajstić information content (AvgIpc) is 2.59. The zero-order chi connectivity index (χ0) is 12.6. The summed E-state index contributed by atoms with van der Waals surface area (Å²) in [6.45, 7) is 2.96. The maximum atomic E-state index is 11.9. The van der Waals surface area contributed by atoms with Crippen molar-refractivity contribution in [2.75, 3.05) is 18.0 Å². The van der Waals surface area contributed by atoms with Gasteiger partial charge in [-0.25, -0.2) is 4.98 Å². The molecule has 2 N–H and O–H groups in total. The summed E-state index contributed by atoms with van der Waals surface area (Å²) in [4.78, 5) is 17.5. The summed E-state index contributed by atoms with van der Waals surface area (Å²) in [6.07, 6.45) is 0.467. The molecule has 0 radical (unpaired) electrons. The van der Waals surface area contributed by atoms with Crippen molar-refractivity contribution < 1.29 is 4.79 Å². The fraction of sp³-hybridized carbons (Fsp3) is 0.455. The number of aromatic nitrogens is 1. The SMILES string of the molecule is Cc1cc(Cl)nc(Cl)c1N1CC(CN)CC1=O. The molecule has 2 heterocycles. The number of anilines is 1. The van der Waals surface area contributed by atoms with Crippen LogP contribution < -0.4 is 10.6 Å².